The molecule has 5 nitrogen and oxygen atoms in total. The molecule has 0 saturated carbocycles. The lowest BCUT2D eigenvalue weighted by molar-refractivity contribution is 0.102. The number of hydrogen-bond acceptors (Lipinski definition) is 5. The number of hydrogen-bond donors (Lipinski definition) is 1. The monoisotopic (exact) mass is 448 g/mol. The van der Waals surface area contributed by atoms with Crippen LogP contribution in [0.25, 0.3) is 0 Å². The highest BCUT2D eigenvalue weighted by atomic mass is 32.1. The van der Waals surface area contributed by atoms with Crippen molar-refractivity contribution in [1.29, 1.82) is 0 Å². The highest BCUT2D eigenvalue weighted by Crippen LogP contribution is 2.39. The summed E-state index contributed by atoms with van der Waals surface area (Å²) < 4.78 is 10.7. The van der Waals surface area contributed by atoms with Gasteiger partial charge in [0.1, 0.15) is 5.00 Å². The van der Waals surface area contributed by atoms with Gasteiger partial charge >= 0.3 is 0 Å². The van der Waals surface area contributed by atoms with Crippen LogP contribution in [-0.4, -0.2) is 26.3 Å². The third-order valence-electron chi connectivity index (χ3n) is 5.65. The minimum atomic E-state index is -0.0891. The molecule has 4 rings (SSSR count). The maximum Gasteiger partial charge on any atom is 0.259 e. The SMILES string of the molecule is COc1ccc(C=Nc2sc3c(c2C(=O)Nc2ccccc2)CCCCCC3)cc1OC. The van der Waals surface area contributed by atoms with Gasteiger partial charge in [0.05, 0.1) is 19.8 Å². The molecule has 0 aliphatic heterocycles. The summed E-state index contributed by atoms with van der Waals surface area (Å²) in [6.07, 6.45) is 8.44. The molecule has 2 aromatic carbocycles. The lowest BCUT2D eigenvalue weighted by Gasteiger charge is -2.12. The number of carbonyl (C=O) groups excluding carboxylic acids is 1. The van der Waals surface area contributed by atoms with Gasteiger partial charge in [-0.25, -0.2) is 4.99 Å². The Kier molecular flexibility index (Phi) is 7.22. The minimum absolute atomic E-state index is 0.0891. The van der Waals surface area contributed by atoms with Crippen molar-refractivity contribution in [1.82, 2.24) is 0 Å². The van der Waals surface area contributed by atoms with Crippen LogP contribution in [0.5, 0.6) is 11.5 Å². The minimum Gasteiger partial charge on any atom is -0.493 e. The predicted molar refractivity (Wildman–Crippen MR) is 131 cm³/mol. The summed E-state index contributed by atoms with van der Waals surface area (Å²) in [5, 5.41) is 3.82. The molecule has 1 heterocycles. The predicted octanol–water partition coefficient (Wildman–Crippen LogP) is 6.43. The number of nitrogens with one attached hydrogen (secondary N) is 1. The molecule has 6 heteroatoms. The van der Waals surface area contributed by atoms with E-state index in [1.54, 1.807) is 31.8 Å². The van der Waals surface area contributed by atoms with Crippen LogP contribution in [0, 0.1) is 0 Å². The van der Waals surface area contributed by atoms with Crippen LogP contribution in [0.1, 0.15) is 52.0 Å². The molecule has 1 aromatic heterocycles. The molecular formula is C26H28N2O3S. The van der Waals surface area contributed by atoms with Crippen molar-refractivity contribution in [2.75, 3.05) is 19.5 Å². The molecule has 0 fully saturated rings. The number of fused-ring (bicyclic) bond motifs is 1. The fourth-order valence-electron chi connectivity index (χ4n) is 4.01. The number of para-hydroxylation sites is 1. The van der Waals surface area contributed by atoms with Gasteiger partial charge in [-0.05, 0) is 67.1 Å². The number of benzene rings is 2. The second-order valence-corrected chi connectivity index (χ2v) is 8.87. The molecule has 0 bridgehead atoms. The molecule has 1 aliphatic carbocycles. The van der Waals surface area contributed by atoms with Crippen LogP contribution in [0.3, 0.4) is 0 Å². The van der Waals surface area contributed by atoms with Gasteiger partial charge in [0.25, 0.3) is 5.91 Å². The van der Waals surface area contributed by atoms with E-state index in [0.29, 0.717) is 17.1 Å². The van der Waals surface area contributed by atoms with E-state index in [1.165, 1.54) is 23.3 Å². The van der Waals surface area contributed by atoms with Gasteiger partial charge < -0.3 is 14.8 Å². The largest absolute Gasteiger partial charge is 0.493 e. The first-order valence-corrected chi connectivity index (χ1v) is 11.8. The molecule has 3 aromatic rings. The van der Waals surface area contributed by atoms with Crippen LogP contribution >= 0.6 is 11.3 Å². The van der Waals surface area contributed by atoms with Crippen LogP contribution in [-0.2, 0) is 12.8 Å². The number of anilines is 1. The van der Waals surface area contributed by atoms with Gasteiger partial charge in [0, 0.05) is 16.8 Å². The summed E-state index contributed by atoms with van der Waals surface area (Å²) in [5.74, 6) is 1.23. The quantitative estimate of drug-likeness (QED) is 0.442. The fraction of sp³-hybridized carbons (Fsp3) is 0.308. The molecule has 32 heavy (non-hydrogen) atoms. The van der Waals surface area contributed by atoms with Crippen LogP contribution in [0.15, 0.2) is 53.5 Å². The van der Waals surface area contributed by atoms with Crippen molar-refractivity contribution in [3.63, 3.8) is 0 Å². The lowest BCUT2D eigenvalue weighted by Crippen LogP contribution is -2.14. The van der Waals surface area contributed by atoms with E-state index >= 15 is 0 Å². The number of carbonyl (C=O) groups is 1. The Hall–Kier alpha value is -3.12. The second-order valence-electron chi connectivity index (χ2n) is 7.79. The van der Waals surface area contributed by atoms with Crippen molar-refractivity contribution >= 4 is 34.1 Å². The van der Waals surface area contributed by atoms with Crippen LogP contribution < -0.4 is 14.8 Å². The standard InChI is InChI=1S/C26H28N2O3S/c1-30-21-15-14-18(16-22(21)31-2)17-27-26-24(25(29)28-19-10-6-5-7-11-19)20-12-8-3-4-9-13-23(20)32-26/h5-7,10-11,14-17H,3-4,8-9,12-13H2,1-2H3,(H,28,29). The van der Waals surface area contributed by atoms with Gasteiger partial charge in [0.2, 0.25) is 0 Å². The maximum atomic E-state index is 13.3. The Labute approximate surface area is 193 Å². The normalized spacial score (nSPS) is 13.8. The van der Waals surface area contributed by atoms with E-state index < -0.39 is 0 Å². The first-order chi connectivity index (χ1) is 15.7. The molecule has 1 aliphatic rings. The van der Waals surface area contributed by atoms with Gasteiger partial charge in [-0.1, -0.05) is 31.0 Å². The van der Waals surface area contributed by atoms with E-state index in [1.807, 2.05) is 48.5 Å². The van der Waals surface area contributed by atoms with Crippen LogP contribution in [0.2, 0.25) is 0 Å². The maximum absolute atomic E-state index is 13.3. The highest BCUT2D eigenvalue weighted by Gasteiger charge is 2.24. The Balaban J connectivity index is 1.70. The van der Waals surface area contributed by atoms with Crippen molar-refractivity contribution in [2.24, 2.45) is 4.99 Å². The Bertz CT molecular complexity index is 1110. The van der Waals surface area contributed by atoms with Gasteiger partial charge in [-0.15, -0.1) is 11.3 Å². The zero-order valence-corrected chi connectivity index (χ0v) is 19.3. The first kappa shape index (κ1) is 22.1. The molecule has 1 N–H and O–H groups in total. The number of methoxy groups -OCH3 is 2. The number of aryl methyl sites for hydroxylation is 1. The van der Waals surface area contributed by atoms with Crippen molar-refractivity contribution in [2.45, 2.75) is 38.5 Å². The number of nitrogens with zero attached hydrogens (tertiary/aromatic N) is 1. The zero-order valence-electron chi connectivity index (χ0n) is 18.5. The second kappa shape index (κ2) is 10.5. The van der Waals surface area contributed by atoms with E-state index in [0.717, 1.165) is 41.9 Å². The molecule has 0 saturated heterocycles. The van der Waals surface area contributed by atoms with E-state index in [9.17, 15) is 4.79 Å². The third kappa shape index (κ3) is 5.02. The molecular weight excluding hydrogens is 420 g/mol. The summed E-state index contributed by atoms with van der Waals surface area (Å²) in [4.78, 5) is 19.4. The smallest absolute Gasteiger partial charge is 0.259 e. The average Bonchev–Trinajstić information content (AvgIpc) is 3.14. The Morgan fingerprint density at radius 1 is 0.969 bits per heavy atom. The number of ether oxygens (including phenoxy) is 2. The third-order valence-corrected chi connectivity index (χ3v) is 6.85. The van der Waals surface area contributed by atoms with Crippen molar-refractivity contribution in [3.8, 4) is 11.5 Å². The van der Waals surface area contributed by atoms with Crippen molar-refractivity contribution in [3.05, 3.63) is 70.1 Å². The van der Waals surface area contributed by atoms with E-state index in [2.05, 4.69) is 5.32 Å². The van der Waals surface area contributed by atoms with Gasteiger partial charge in [-0.3, -0.25) is 4.79 Å². The van der Waals surface area contributed by atoms with Crippen LogP contribution in [0.4, 0.5) is 10.7 Å². The summed E-state index contributed by atoms with van der Waals surface area (Å²) in [6, 6.07) is 15.3. The number of thiophene rings is 1. The zero-order chi connectivity index (χ0) is 22.3. The van der Waals surface area contributed by atoms with Crippen molar-refractivity contribution < 1.29 is 14.3 Å². The Morgan fingerprint density at radius 3 is 2.47 bits per heavy atom. The van der Waals surface area contributed by atoms with Gasteiger partial charge in [0.15, 0.2) is 11.5 Å². The molecule has 0 atom stereocenters. The summed E-state index contributed by atoms with van der Waals surface area (Å²) in [6.45, 7) is 0. The summed E-state index contributed by atoms with van der Waals surface area (Å²) in [7, 11) is 3.23. The number of amides is 1. The molecule has 1 amide bonds. The van der Waals surface area contributed by atoms with Gasteiger partial charge in [-0.2, -0.15) is 0 Å². The topological polar surface area (TPSA) is 59.9 Å². The Morgan fingerprint density at radius 2 is 1.72 bits per heavy atom. The molecule has 166 valence electrons. The molecule has 0 spiro atoms. The van der Waals surface area contributed by atoms with E-state index in [4.69, 9.17) is 14.5 Å². The average molecular weight is 449 g/mol. The highest BCUT2D eigenvalue weighted by molar-refractivity contribution is 7.16. The molecule has 0 radical (unpaired) electrons. The molecule has 0 unspecified atom stereocenters. The number of rotatable bonds is 6. The lowest BCUT2D eigenvalue weighted by atomic mass is 9.96. The number of aliphatic imine (C=N–C) groups is 1. The summed E-state index contributed by atoms with van der Waals surface area (Å²) >= 11 is 1.65. The first-order valence-electron chi connectivity index (χ1n) is 11.0. The fourth-order valence-corrected chi connectivity index (χ4v) is 5.24. The summed E-state index contributed by atoms with van der Waals surface area (Å²) in [5.41, 5.74) is 3.56. The van der Waals surface area contributed by atoms with E-state index in [-0.39, 0.29) is 5.91 Å².